The normalized spacial score (nSPS) is 11.6. The molecule has 0 aliphatic heterocycles. The first-order valence-corrected chi connectivity index (χ1v) is 8.95. The molecule has 1 N–H and O–H groups in total. The van der Waals surface area contributed by atoms with Crippen LogP contribution in [0.15, 0.2) is 32.3 Å². The Morgan fingerprint density at radius 2 is 1.68 bits per heavy atom. The van der Waals surface area contributed by atoms with E-state index in [1.165, 1.54) is 18.2 Å². The van der Waals surface area contributed by atoms with Crippen LogP contribution in [0.2, 0.25) is 15.1 Å². The highest BCUT2D eigenvalue weighted by molar-refractivity contribution is 9.11. The number of anilines is 1. The van der Waals surface area contributed by atoms with Gasteiger partial charge in [-0.05, 0) is 40.2 Å². The van der Waals surface area contributed by atoms with E-state index in [2.05, 4.69) is 20.7 Å². The van der Waals surface area contributed by atoms with Crippen molar-refractivity contribution in [2.75, 3.05) is 4.72 Å². The molecule has 3 nitrogen and oxygen atoms in total. The summed E-state index contributed by atoms with van der Waals surface area (Å²) >= 11 is 21.8. The third-order valence-corrected chi connectivity index (χ3v) is 6.58. The lowest BCUT2D eigenvalue weighted by atomic mass is 10.3. The molecule has 2 rings (SSSR count). The molecule has 0 radical (unpaired) electrons. The van der Waals surface area contributed by atoms with E-state index in [1.807, 2.05) is 0 Å². The van der Waals surface area contributed by atoms with Gasteiger partial charge < -0.3 is 0 Å². The van der Waals surface area contributed by atoms with E-state index < -0.39 is 10.0 Å². The van der Waals surface area contributed by atoms with Crippen molar-refractivity contribution in [3.63, 3.8) is 0 Å². The molecule has 0 fully saturated rings. The van der Waals surface area contributed by atoms with Crippen LogP contribution in [0.1, 0.15) is 0 Å². The number of thiophene rings is 1. The molecule has 0 saturated carbocycles. The first-order valence-electron chi connectivity index (χ1n) is 4.72. The smallest absolute Gasteiger partial charge is 0.271 e. The zero-order chi connectivity index (χ0) is 14.2. The van der Waals surface area contributed by atoms with Crippen molar-refractivity contribution in [3.05, 3.63) is 43.1 Å². The van der Waals surface area contributed by atoms with Gasteiger partial charge in [-0.25, -0.2) is 8.42 Å². The number of benzene rings is 1. The minimum absolute atomic E-state index is 0.168. The van der Waals surface area contributed by atoms with Crippen molar-refractivity contribution in [2.24, 2.45) is 0 Å². The summed E-state index contributed by atoms with van der Waals surface area (Å²) in [6.07, 6.45) is 0. The van der Waals surface area contributed by atoms with Gasteiger partial charge in [0.1, 0.15) is 4.21 Å². The molecule has 1 aromatic heterocycles. The minimum atomic E-state index is -3.69. The van der Waals surface area contributed by atoms with E-state index in [4.69, 9.17) is 34.8 Å². The molecule has 0 unspecified atom stereocenters. The van der Waals surface area contributed by atoms with Gasteiger partial charge in [0.2, 0.25) is 0 Å². The first-order chi connectivity index (χ1) is 8.79. The third kappa shape index (κ3) is 3.56. The molecule has 0 amide bonds. The Labute approximate surface area is 137 Å². The summed E-state index contributed by atoms with van der Waals surface area (Å²) in [4.78, 5) is 0. The topological polar surface area (TPSA) is 46.2 Å². The number of nitrogens with one attached hydrogen (secondary N) is 1. The second-order valence-corrected chi connectivity index (χ2v) is 9.00. The second-order valence-electron chi connectivity index (χ2n) is 3.41. The highest BCUT2D eigenvalue weighted by atomic mass is 79.9. The summed E-state index contributed by atoms with van der Waals surface area (Å²) in [5.74, 6) is 0. The van der Waals surface area contributed by atoms with Crippen molar-refractivity contribution in [2.45, 2.75) is 4.21 Å². The molecule has 2 aromatic rings. The highest BCUT2D eigenvalue weighted by Gasteiger charge is 2.18. The van der Waals surface area contributed by atoms with E-state index in [1.54, 1.807) is 6.07 Å². The fourth-order valence-corrected chi connectivity index (χ4v) is 4.97. The molecule has 0 atom stereocenters. The van der Waals surface area contributed by atoms with Gasteiger partial charge in [-0.1, -0.05) is 34.8 Å². The van der Waals surface area contributed by atoms with Gasteiger partial charge in [0, 0.05) is 0 Å². The van der Waals surface area contributed by atoms with Gasteiger partial charge >= 0.3 is 0 Å². The van der Waals surface area contributed by atoms with Gasteiger partial charge in [0.05, 0.1) is 24.5 Å². The lowest BCUT2D eigenvalue weighted by Gasteiger charge is -2.09. The van der Waals surface area contributed by atoms with Gasteiger partial charge in [0.25, 0.3) is 10.0 Å². The molecule has 0 bridgehead atoms. The molecule has 1 aromatic carbocycles. The predicted molar refractivity (Wildman–Crippen MR) is 84.3 cm³/mol. The van der Waals surface area contributed by atoms with Crippen LogP contribution in [0.4, 0.5) is 5.69 Å². The predicted octanol–water partition coefficient (Wildman–Crippen LogP) is 5.27. The van der Waals surface area contributed by atoms with Gasteiger partial charge in [-0.15, -0.1) is 11.3 Å². The standard InChI is InChI=1S/C10H5BrCl3NO2S2/c11-9-1-2-10(18-9)19(16,17)15-8-4-6(13)5(12)3-7(8)14/h1-4,15H. The Morgan fingerprint density at radius 1 is 1.05 bits per heavy atom. The molecular weight excluding hydrogens is 417 g/mol. The summed E-state index contributed by atoms with van der Waals surface area (Å²) in [5, 5.41) is 0.651. The number of rotatable bonds is 3. The molecule has 0 spiro atoms. The average Bonchev–Trinajstić information content (AvgIpc) is 2.73. The van der Waals surface area contributed by atoms with Crippen LogP contribution in [0, 0.1) is 0 Å². The van der Waals surface area contributed by atoms with Crippen LogP contribution < -0.4 is 4.72 Å². The third-order valence-electron chi connectivity index (χ3n) is 2.07. The van der Waals surface area contributed by atoms with Crippen molar-refractivity contribution < 1.29 is 8.42 Å². The lowest BCUT2D eigenvalue weighted by Crippen LogP contribution is -2.11. The zero-order valence-corrected chi connectivity index (χ0v) is 14.4. The Hall–Kier alpha value is 0.0200. The van der Waals surface area contributed by atoms with E-state index >= 15 is 0 Å². The highest BCUT2D eigenvalue weighted by Crippen LogP contribution is 2.34. The quantitative estimate of drug-likeness (QED) is 0.686. The maximum atomic E-state index is 12.1. The average molecular weight is 422 g/mol. The number of hydrogen-bond acceptors (Lipinski definition) is 3. The van der Waals surface area contributed by atoms with E-state index in [-0.39, 0.29) is 25.0 Å². The van der Waals surface area contributed by atoms with Gasteiger partial charge in [0.15, 0.2) is 0 Å². The summed E-state index contributed by atoms with van der Waals surface area (Å²) < 4.78 is 27.5. The van der Waals surface area contributed by atoms with Crippen LogP contribution in [0.25, 0.3) is 0 Å². The summed E-state index contributed by atoms with van der Waals surface area (Å²) in [5.41, 5.74) is 0.181. The number of hydrogen-bond donors (Lipinski definition) is 1. The van der Waals surface area contributed by atoms with Crippen molar-refractivity contribution >= 4 is 77.8 Å². The Morgan fingerprint density at radius 3 is 2.26 bits per heavy atom. The Bertz CT molecular complexity index is 730. The fraction of sp³-hybridized carbons (Fsp3) is 0. The second kappa shape index (κ2) is 5.79. The molecule has 19 heavy (non-hydrogen) atoms. The molecule has 9 heteroatoms. The largest absolute Gasteiger partial charge is 0.277 e. The molecule has 1 heterocycles. The summed E-state index contributed by atoms with van der Waals surface area (Å²) in [7, 11) is -3.69. The van der Waals surface area contributed by atoms with E-state index in [9.17, 15) is 8.42 Å². The van der Waals surface area contributed by atoms with Crippen LogP contribution in [0.3, 0.4) is 0 Å². The number of halogens is 4. The molecule has 0 saturated heterocycles. The monoisotopic (exact) mass is 419 g/mol. The van der Waals surface area contributed by atoms with Crippen LogP contribution in [0.5, 0.6) is 0 Å². The molecule has 102 valence electrons. The Kier molecular flexibility index (Phi) is 4.70. The van der Waals surface area contributed by atoms with Crippen molar-refractivity contribution in [1.29, 1.82) is 0 Å². The van der Waals surface area contributed by atoms with Gasteiger partial charge in [-0.3, -0.25) is 4.72 Å². The maximum Gasteiger partial charge on any atom is 0.271 e. The lowest BCUT2D eigenvalue weighted by molar-refractivity contribution is 0.603. The van der Waals surface area contributed by atoms with Crippen LogP contribution >= 0.6 is 62.1 Å². The summed E-state index contributed by atoms with van der Waals surface area (Å²) in [6.45, 7) is 0. The Balaban J connectivity index is 2.38. The maximum absolute atomic E-state index is 12.1. The SMILES string of the molecule is O=S(=O)(Nc1cc(Cl)c(Cl)cc1Cl)c1ccc(Br)s1. The van der Waals surface area contributed by atoms with Gasteiger partial charge in [-0.2, -0.15) is 0 Å². The molecule has 0 aliphatic carbocycles. The summed E-state index contributed by atoms with van der Waals surface area (Å²) in [6, 6.07) is 5.89. The molecular formula is C10H5BrCl3NO2S2. The first kappa shape index (κ1) is 15.4. The zero-order valence-electron chi connectivity index (χ0n) is 8.95. The van der Waals surface area contributed by atoms with Crippen molar-refractivity contribution in [3.8, 4) is 0 Å². The van der Waals surface area contributed by atoms with E-state index in [0.29, 0.717) is 3.79 Å². The van der Waals surface area contributed by atoms with Crippen molar-refractivity contribution in [1.82, 2.24) is 0 Å². The van der Waals surface area contributed by atoms with Crippen LogP contribution in [-0.4, -0.2) is 8.42 Å². The van der Waals surface area contributed by atoms with E-state index in [0.717, 1.165) is 11.3 Å². The number of sulfonamides is 1. The molecule has 0 aliphatic rings. The van der Waals surface area contributed by atoms with Crippen LogP contribution in [-0.2, 0) is 10.0 Å². The fourth-order valence-electron chi connectivity index (χ4n) is 1.24. The minimum Gasteiger partial charge on any atom is -0.277 e.